The van der Waals surface area contributed by atoms with E-state index in [9.17, 15) is 13.2 Å². The Morgan fingerprint density at radius 2 is 2.35 bits per heavy atom. The molecule has 2 heterocycles. The van der Waals surface area contributed by atoms with Crippen LogP contribution in [0.5, 0.6) is 0 Å². The first-order chi connectivity index (χ1) is 9.41. The Morgan fingerprint density at radius 3 is 2.95 bits per heavy atom. The molecule has 0 aromatic carbocycles. The Bertz CT molecular complexity index is 594. The molecule has 0 aliphatic carbocycles. The van der Waals surface area contributed by atoms with Gasteiger partial charge in [-0.1, -0.05) is 0 Å². The van der Waals surface area contributed by atoms with Crippen LogP contribution in [0.1, 0.15) is 31.0 Å². The maximum absolute atomic E-state index is 11.7. The summed E-state index contributed by atoms with van der Waals surface area (Å²) >= 11 is 0. The van der Waals surface area contributed by atoms with Gasteiger partial charge >= 0.3 is 0 Å². The van der Waals surface area contributed by atoms with E-state index < -0.39 is 9.84 Å². The van der Waals surface area contributed by atoms with Crippen molar-refractivity contribution in [1.29, 1.82) is 0 Å². The quantitative estimate of drug-likeness (QED) is 0.809. The van der Waals surface area contributed by atoms with Crippen LogP contribution in [0.3, 0.4) is 0 Å². The molecule has 1 atom stereocenters. The van der Waals surface area contributed by atoms with Crippen molar-refractivity contribution < 1.29 is 13.2 Å². The minimum Gasteiger partial charge on any atom is -0.330 e. The van der Waals surface area contributed by atoms with Gasteiger partial charge in [0.25, 0.3) is 0 Å². The number of rotatable bonds is 5. The molecule has 112 valence electrons. The Morgan fingerprint density at radius 1 is 1.60 bits per heavy atom. The third kappa shape index (κ3) is 3.57. The molecule has 0 bridgehead atoms. The first-order valence-corrected chi connectivity index (χ1v) is 8.50. The van der Waals surface area contributed by atoms with Crippen LogP contribution in [0.4, 0.5) is 5.82 Å². The average Bonchev–Trinajstić information content (AvgIpc) is 2.89. The number of carbonyl (C=O) groups excluding carboxylic acids is 1. The molecule has 1 fully saturated rings. The number of aromatic nitrogens is 2. The molecule has 0 saturated carbocycles. The van der Waals surface area contributed by atoms with E-state index in [1.807, 2.05) is 6.92 Å². The number of amides is 1. The standard InChI is InChI=1S/C12H20N4O3S/c1-9-7-11(14-12(17)3-2-5-13)16(15-9)10-4-6-20(18,19)8-10/h7,10H,2-6,8,13H2,1H3,(H,14,17)/t10-/m1/s1. The number of nitrogens with two attached hydrogens (primary N) is 1. The summed E-state index contributed by atoms with van der Waals surface area (Å²) in [5, 5.41) is 7.09. The Balaban J connectivity index is 2.12. The van der Waals surface area contributed by atoms with Gasteiger partial charge in [0, 0.05) is 12.5 Å². The minimum atomic E-state index is -2.98. The van der Waals surface area contributed by atoms with Crippen molar-refractivity contribution in [3.63, 3.8) is 0 Å². The molecule has 1 aliphatic heterocycles. The Labute approximate surface area is 118 Å². The molecule has 2 rings (SSSR count). The number of carbonyl (C=O) groups is 1. The average molecular weight is 300 g/mol. The molecule has 7 nitrogen and oxygen atoms in total. The lowest BCUT2D eigenvalue weighted by molar-refractivity contribution is -0.116. The molecule has 0 unspecified atom stereocenters. The number of anilines is 1. The predicted octanol–water partition coefficient (Wildman–Crippen LogP) is 0.229. The summed E-state index contributed by atoms with van der Waals surface area (Å²) in [5.74, 6) is 0.695. The van der Waals surface area contributed by atoms with E-state index in [1.165, 1.54) is 0 Å². The predicted molar refractivity (Wildman–Crippen MR) is 76.2 cm³/mol. The highest BCUT2D eigenvalue weighted by Crippen LogP contribution is 2.27. The van der Waals surface area contributed by atoms with E-state index in [0.717, 1.165) is 5.69 Å². The summed E-state index contributed by atoms with van der Waals surface area (Å²) in [6.07, 6.45) is 1.51. The van der Waals surface area contributed by atoms with E-state index in [-0.39, 0.29) is 23.5 Å². The van der Waals surface area contributed by atoms with Gasteiger partial charge < -0.3 is 11.1 Å². The van der Waals surface area contributed by atoms with Crippen LogP contribution in [-0.2, 0) is 14.6 Å². The van der Waals surface area contributed by atoms with Gasteiger partial charge in [0.15, 0.2) is 9.84 Å². The number of aryl methyl sites for hydroxylation is 1. The number of hydrogen-bond donors (Lipinski definition) is 2. The monoisotopic (exact) mass is 300 g/mol. The Kier molecular flexibility index (Phi) is 4.44. The van der Waals surface area contributed by atoms with Crippen LogP contribution in [0, 0.1) is 6.92 Å². The summed E-state index contributed by atoms with van der Waals surface area (Å²) in [5.41, 5.74) is 6.12. The van der Waals surface area contributed by atoms with E-state index in [2.05, 4.69) is 10.4 Å². The first kappa shape index (κ1) is 15.0. The maximum Gasteiger partial charge on any atom is 0.225 e. The number of nitrogens with zero attached hydrogens (tertiary/aromatic N) is 2. The molecule has 3 N–H and O–H groups in total. The van der Waals surface area contributed by atoms with Gasteiger partial charge in [-0.3, -0.25) is 4.79 Å². The van der Waals surface area contributed by atoms with Crippen LogP contribution >= 0.6 is 0 Å². The van der Waals surface area contributed by atoms with Gasteiger partial charge in [-0.05, 0) is 26.3 Å². The van der Waals surface area contributed by atoms with Crippen molar-refractivity contribution in [3.8, 4) is 0 Å². The van der Waals surface area contributed by atoms with Crippen molar-refractivity contribution in [2.24, 2.45) is 5.73 Å². The summed E-state index contributed by atoms with van der Waals surface area (Å²) in [6, 6.07) is 1.56. The van der Waals surface area contributed by atoms with Gasteiger partial charge in [-0.15, -0.1) is 0 Å². The lowest BCUT2D eigenvalue weighted by Gasteiger charge is -2.13. The zero-order chi connectivity index (χ0) is 14.8. The second-order valence-corrected chi connectivity index (χ2v) is 7.34. The van der Waals surface area contributed by atoms with Gasteiger partial charge in [0.2, 0.25) is 5.91 Å². The van der Waals surface area contributed by atoms with Crippen LogP contribution in [0.25, 0.3) is 0 Å². The zero-order valence-corrected chi connectivity index (χ0v) is 12.3. The zero-order valence-electron chi connectivity index (χ0n) is 11.5. The van der Waals surface area contributed by atoms with E-state index in [4.69, 9.17) is 5.73 Å². The molecule has 1 aromatic rings. The lowest BCUT2D eigenvalue weighted by atomic mass is 10.2. The van der Waals surface area contributed by atoms with Crippen molar-refractivity contribution in [3.05, 3.63) is 11.8 Å². The summed E-state index contributed by atoms with van der Waals surface area (Å²) in [7, 11) is -2.98. The highest BCUT2D eigenvalue weighted by Gasteiger charge is 2.31. The van der Waals surface area contributed by atoms with Crippen molar-refractivity contribution in [2.45, 2.75) is 32.2 Å². The molecule has 1 aromatic heterocycles. The molecular formula is C12H20N4O3S. The van der Waals surface area contributed by atoms with Gasteiger partial charge in [0.05, 0.1) is 23.2 Å². The highest BCUT2D eigenvalue weighted by atomic mass is 32.2. The van der Waals surface area contributed by atoms with Crippen molar-refractivity contribution >= 4 is 21.6 Å². The molecule has 20 heavy (non-hydrogen) atoms. The maximum atomic E-state index is 11.7. The number of nitrogens with one attached hydrogen (secondary N) is 1. The second-order valence-electron chi connectivity index (χ2n) is 5.11. The van der Waals surface area contributed by atoms with Crippen LogP contribution in [-0.4, -0.2) is 42.2 Å². The topological polar surface area (TPSA) is 107 Å². The molecule has 8 heteroatoms. The SMILES string of the molecule is Cc1cc(NC(=O)CCCN)n([C@@H]2CCS(=O)(=O)C2)n1. The number of hydrogen-bond acceptors (Lipinski definition) is 5. The fourth-order valence-electron chi connectivity index (χ4n) is 2.32. The summed E-state index contributed by atoms with van der Waals surface area (Å²) in [4.78, 5) is 11.7. The summed E-state index contributed by atoms with van der Waals surface area (Å²) in [6.45, 7) is 2.28. The van der Waals surface area contributed by atoms with E-state index in [1.54, 1.807) is 10.7 Å². The first-order valence-electron chi connectivity index (χ1n) is 6.68. The van der Waals surface area contributed by atoms with Crippen molar-refractivity contribution in [1.82, 2.24) is 9.78 Å². The van der Waals surface area contributed by atoms with Gasteiger partial charge in [-0.2, -0.15) is 5.10 Å². The Hall–Kier alpha value is -1.41. The van der Waals surface area contributed by atoms with Crippen LogP contribution in [0.2, 0.25) is 0 Å². The molecule has 0 radical (unpaired) electrons. The highest BCUT2D eigenvalue weighted by molar-refractivity contribution is 7.91. The van der Waals surface area contributed by atoms with Crippen LogP contribution in [0.15, 0.2) is 6.07 Å². The van der Waals surface area contributed by atoms with Crippen LogP contribution < -0.4 is 11.1 Å². The van der Waals surface area contributed by atoms with E-state index in [0.29, 0.717) is 31.6 Å². The normalized spacial score (nSPS) is 21.0. The third-order valence-electron chi connectivity index (χ3n) is 3.29. The summed E-state index contributed by atoms with van der Waals surface area (Å²) < 4.78 is 24.7. The fraction of sp³-hybridized carbons (Fsp3) is 0.667. The lowest BCUT2D eigenvalue weighted by Crippen LogP contribution is -2.20. The molecular weight excluding hydrogens is 280 g/mol. The molecule has 1 amide bonds. The number of sulfone groups is 1. The smallest absolute Gasteiger partial charge is 0.225 e. The second kappa shape index (κ2) is 5.92. The van der Waals surface area contributed by atoms with Gasteiger partial charge in [-0.25, -0.2) is 13.1 Å². The minimum absolute atomic E-state index is 0.0831. The van der Waals surface area contributed by atoms with E-state index >= 15 is 0 Å². The fourth-order valence-corrected chi connectivity index (χ4v) is 4.02. The third-order valence-corrected chi connectivity index (χ3v) is 5.04. The molecule has 0 spiro atoms. The molecule has 1 saturated heterocycles. The largest absolute Gasteiger partial charge is 0.330 e. The van der Waals surface area contributed by atoms with Crippen molar-refractivity contribution in [2.75, 3.05) is 23.4 Å². The van der Waals surface area contributed by atoms with Gasteiger partial charge in [0.1, 0.15) is 5.82 Å². The molecule has 1 aliphatic rings.